The Bertz CT molecular complexity index is 687. The van der Waals surface area contributed by atoms with E-state index < -0.39 is 0 Å². The van der Waals surface area contributed by atoms with E-state index in [4.69, 9.17) is 26.3 Å². The van der Waals surface area contributed by atoms with E-state index in [2.05, 4.69) is 5.16 Å². The molecule has 0 aliphatic rings. The Kier molecular flexibility index (Phi) is 3.48. The third kappa shape index (κ3) is 2.56. The summed E-state index contributed by atoms with van der Waals surface area (Å²) < 4.78 is 10.4. The van der Waals surface area contributed by atoms with Crippen LogP contribution in [0.2, 0.25) is 5.02 Å². The first-order valence-corrected chi connectivity index (χ1v) is 6.64. The van der Waals surface area contributed by atoms with Crippen molar-refractivity contribution < 1.29 is 8.94 Å². The molecule has 0 bridgehead atoms. The van der Waals surface area contributed by atoms with Crippen LogP contribution in [0.5, 0.6) is 0 Å². The van der Waals surface area contributed by atoms with Gasteiger partial charge in [0.05, 0.1) is 17.5 Å². The van der Waals surface area contributed by atoms with Crippen molar-refractivity contribution in [2.45, 2.75) is 12.8 Å². The van der Waals surface area contributed by atoms with E-state index in [9.17, 15) is 0 Å². The summed E-state index contributed by atoms with van der Waals surface area (Å²) in [6.07, 6.45) is 3.11. The number of nitrogen functional groups attached to an aromatic ring is 1. The molecule has 1 aromatic carbocycles. The highest BCUT2D eigenvalue weighted by atomic mass is 35.5. The summed E-state index contributed by atoms with van der Waals surface area (Å²) in [7, 11) is 0. The number of aryl methyl sites for hydroxylation is 2. The van der Waals surface area contributed by atoms with Gasteiger partial charge in [-0.25, -0.2) is 0 Å². The number of hydrogen-bond donors (Lipinski definition) is 1. The van der Waals surface area contributed by atoms with Crippen LogP contribution in [0.1, 0.15) is 11.5 Å². The molecule has 20 heavy (non-hydrogen) atoms. The molecular formula is C15H13ClN2O2. The predicted octanol–water partition coefficient (Wildman–Crippen LogP) is 3.96. The quantitative estimate of drug-likeness (QED) is 0.789. The zero-order chi connectivity index (χ0) is 13.9. The number of nitrogens with two attached hydrogens (primary N) is 1. The van der Waals surface area contributed by atoms with E-state index in [0.29, 0.717) is 17.3 Å². The number of aromatic nitrogens is 1. The average molecular weight is 289 g/mol. The molecule has 2 heterocycles. The van der Waals surface area contributed by atoms with Crippen molar-refractivity contribution in [2.75, 3.05) is 5.73 Å². The van der Waals surface area contributed by atoms with Gasteiger partial charge in [-0.1, -0.05) is 28.9 Å². The summed E-state index contributed by atoms with van der Waals surface area (Å²) in [5.74, 6) is 1.23. The van der Waals surface area contributed by atoms with Crippen LogP contribution in [0.25, 0.3) is 11.1 Å². The molecule has 0 unspecified atom stereocenters. The van der Waals surface area contributed by atoms with E-state index in [1.54, 1.807) is 6.26 Å². The SMILES string of the molecule is Nc1onc(CCc2ccco2)c1-c1ccc(Cl)cc1. The lowest BCUT2D eigenvalue weighted by molar-refractivity contribution is 0.425. The molecule has 5 heteroatoms. The molecule has 0 spiro atoms. The molecule has 0 atom stereocenters. The van der Waals surface area contributed by atoms with Crippen molar-refractivity contribution in [2.24, 2.45) is 0 Å². The number of rotatable bonds is 4. The fourth-order valence-corrected chi connectivity index (χ4v) is 2.26. The van der Waals surface area contributed by atoms with E-state index in [-0.39, 0.29) is 0 Å². The molecule has 0 fully saturated rings. The third-order valence-electron chi connectivity index (χ3n) is 3.11. The van der Waals surface area contributed by atoms with Crippen LogP contribution < -0.4 is 5.73 Å². The highest BCUT2D eigenvalue weighted by Crippen LogP contribution is 2.31. The van der Waals surface area contributed by atoms with Crippen LogP contribution in [0, 0.1) is 0 Å². The van der Waals surface area contributed by atoms with Crippen molar-refractivity contribution in [1.82, 2.24) is 5.16 Å². The lowest BCUT2D eigenvalue weighted by Crippen LogP contribution is -1.94. The smallest absolute Gasteiger partial charge is 0.230 e. The van der Waals surface area contributed by atoms with Gasteiger partial charge in [-0.05, 0) is 29.8 Å². The van der Waals surface area contributed by atoms with Crippen LogP contribution in [-0.2, 0) is 12.8 Å². The fraction of sp³-hybridized carbons (Fsp3) is 0.133. The Morgan fingerprint density at radius 2 is 1.90 bits per heavy atom. The number of benzene rings is 1. The van der Waals surface area contributed by atoms with Gasteiger partial charge in [0.15, 0.2) is 0 Å². The normalized spacial score (nSPS) is 10.8. The maximum absolute atomic E-state index is 5.90. The Balaban J connectivity index is 1.87. The molecule has 102 valence electrons. The highest BCUT2D eigenvalue weighted by Gasteiger charge is 2.16. The molecule has 0 aliphatic heterocycles. The van der Waals surface area contributed by atoms with Gasteiger partial charge in [0, 0.05) is 17.9 Å². The Morgan fingerprint density at radius 1 is 1.10 bits per heavy atom. The van der Waals surface area contributed by atoms with Gasteiger partial charge >= 0.3 is 0 Å². The molecule has 2 N–H and O–H groups in total. The number of furan rings is 1. The summed E-state index contributed by atoms with van der Waals surface area (Å²) in [6.45, 7) is 0. The maximum Gasteiger partial charge on any atom is 0.230 e. The number of anilines is 1. The standard InChI is InChI=1S/C15H13ClN2O2/c16-11-5-3-10(4-6-11)14-13(18-20-15(14)17)8-7-12-2-1-9-19-12/h1-6,9H,7-8,17H2. The summed E-state index contributed by atoms with van der Waals surface area (Å²) >= 11 is 5.90. The molecule has 0 amide bonds. The molecule has 0 saturated heterocycles. The third-order valence-corrected chi connectivity index (χ3v) is 3.36. The largest absolute Gasteiger partial charge is 0.469 e. The monoisotopic (exact) mass is 288 g/mol. The number of hydrogen-bond acceptors (Lipinski definition) is 4. The lowest BCUT2D eigenvalue weighted by Gasteiger charge is -2.02. The van der Waals surface area contributed by atoms with Crippen molar-refractivity contribution in [1.29, 1.82) is 0 Å². The minimum absolute atomic E-state index is 0.321. The Morgan fingerprint density at radius 3 is 2.60 bits per heavy atom. The van der Waals surface area contributed by atoms with Crippen LogP contribution in [0.4, 0.5) is 5.88 Å². The molecule has 0 radical (unpaired) electrons. The van der Waals surface area contributed by atoms with Crippen LogP contribution in [0.3, 0.4) is 0 Å². The zero-order valence-corrected chi connectivity index (χ0v) is 11.4. The van der Waals surface area contributed by atoms with Gasteiger partial charge in [-0.15, -0.1) is 0 Å². The predicted molar refractivity (Wildman–Crippen MR) is 77.5 cm³/mol. The summed E-state index contributed by atoms with van der Waals surface area (Å²) in [5.41, 5.74) is 8.47. The minimum Gasteiger partial charge on any atom is -0.469 e. The van der Waals surface area contributed by atoms with Crippen molar-refractivity contribution in [3.63, 3.8) is 0 Å². The number of halogens is 1. The van der Waals surface area contributed by atoms with Gasteiger partial charge in [0.1, 0.15) is 5.76 Å². The van der Waals surface area contributed by atoms with Gasteiger partial charge in [-0.2, -0.15) is 0 Å². The summed E-state index contributed by atoms with van der Waals surface area (Å²) in [5, 5.41) is 4.72. The molecular weight excluding hydrogens is 276 g/mol. The molecule has 4 nitrogen and oxygen atoms in total. The van der Waals surface area contributed by atoms with Gasteiger partial charge in [0.25, 0.3) is 0 Å². The lowest BCUT2D eigenvalue weighted by atomic mass is 10.0. The minimum atomic E-state index is 0.321. The Labute approximate surface area is 121 Å². The van der Waals surface area contributed by atoms with Crippen molar-refractivity contribution >= 4 is 17.5 Å². The molecule has 0 saturated carbocycles. The Hall–Kier alpha value is -2.20. The van der Waals surface area contributed by atoms with Gasteiger partial charge in [-0.3, -0.25) is 0 Å². The second-order valence-electron chi connectivity index (χ2n) is 4.45. The fourth-order valence-electron chi connectivity index (χ4n) is 2.13. The topological polar surface area (TPSA) is 65.2 Å². The average Bonchev–Trinajstić information content (AvgIpc) is 3.07. The second-order valence-corrected chi connectivity index (χ2v) is 4.89. The number of nitrogens with zero attached hydrogens (tertiary/aromatic N) is 1. The van der Waals surface area contributed by atoms with Gasteiger partial charge in [0.2, 0.25) is 5.88 Å². The zero-order valence-electron chi connectivity index (χ0n) is 10.7. The van der Waals surface area contributed by atoms with E-state index in [0.717, 1.165) is 29.0 Å². The van der Waals surface area contributed by atoms with Crippen LogP contribution in [0.15, 0.2) is 51.6 Å². The first kappa shape index (κ1) is 12.8. The van der Waals surface area contributed by atoms with E-state index >= 15 is 0 Å². The molecule has 3 rings (SSSR count). The molecule has 0 aliphatic carbocycles. The first-order chi connectivity index (χ1) is 9.74. The molecule has 2 aromatic heterocycles. The van der Waals surface area contributed by atoms with Gasteiger partial charge < -0.3 is 14.7 Å². The van der Waals surface area contributed by atoms with Crippen LogP contribution in [-0.4, -0.2) is 5.16 Å². The summed E-state index contributed by atoms with van der Waals surface area (Å²) in [6, 6.07) is 11.3. The van der Waals surface area contributed by atoms with E-state index in [1.165, 1.54) is 0 Å². The molecule has 3 aromatic rings. The van der Waals surface area contributed by atoms with Crippen molar-refractivity contribution in [3.05, 3.63) is 59.1 Å². The van der Waals surface area contributed by atoms with Crippen molar-refractivity contribution in [3.8, 4) is 11.1 Å². The second kappa shape index (κ2) is 5.43. The maximum atomic E-state index is 5.90. The highest BCUT2D eigenvalue weighted by molar-refractivity contribution is 6.30. The van der Waals surface area contributed by atoms with E-state index in [1.807, 2.05) is 36.4 Å². The summed E-state index contributed by atoms with van der Waals surface area (Å²) in [4.78, 5) is 0. The van der Waals surface area contributed by atoms with Crippen LogP contribution >= 0.6 is 11.6 Å². The first-order valence-electron chi connectivity index (χ1n) is 6.26.